The third-order valence-corrected chi connectivity index (χ3v) is 2.94. The van der Waals surface area contributed by atoms with Crippen LogP contribution >= 0.6 is 0 Å². The Labute approximate surface area is 122 Å². The van der Waals surface area contributed by atoms with Crippen molar-refractivity contribution >= 4 is 0 Å². The summed E-state index contributed by atoms with van der Waals surface area (Å²) < 4.78 is 32.3. The van der Waals surface area contributed by atoms with E-state index in [0.717, 1.165) is 5.56 Å². The molecule has 0 saturated heterocycles. The van der Waals surface area contributed by atoms with Crippen LogP contribution in [0.15, 0.2) is 36.4 Å². The summed E-state index contributed by atoms with van der Waals surface area (Å²) in [5.41, 5.74) is 2.06. The second kappa shape index (κ2) is 6.87. The van der Waals surface area contributed by atoms with Crippen molar-refractivity contribution in [1.82, 2.24) is 0 Å². The number of benzene rings is 2. The summed E-state index contributed by atoms with van der Waals surface area (Å²) in [6.45, 7) is 1.63. The highest BCUT2D eigenvalue weighted by Crippen LogP contribution is 2.21. The minimum atomic E-state index is -0.515. The third-order valence-electron chi connectivity index (χ3n) is 2.94. The van der Waals surface area contributed by atoms with Crippen molar-refractivity contribution in [2.75, 3.05) is 6.61 Å². The average molecular weight is 288 g/mol. The molecule has 0 unspecified atom stereocenters. The van der Waals surface area contributed by atoms with Crippen molar-refractivity contribution in [2.45, 2.75) is 13.5 Å². The second-order valence-corrected chi connectivity index (χ2v) is 4.46. The maximum Gasteiger partial charge on any atom is 0.165 e. The molecule has 0 fully saturated rings. The van der Waals surface area contributed by atoms with Gasteiger partial charge in [0.1, 0.15) is 19.0 Å². The molecular weight excluding hydrogens is 274 g/mol. The number of aliphatic hydroxyl groups is 1. The molecule has 2 nitrogen and oxygen atoms in total. The van der Waals surface area contributed by atoms with Gasteiger partial charge < -0.3 is 9.84 Å². The highest BCUT2D eigenvalue weighted by atomic mass is 19.1. The molecule has 0 amide bonds. The van der Waals surface area contributed by atoms with E-state index in [-0.39, 0.29) is 24.8 Å². The summed E-state index contributed by atoms with van der Waals surface area (Å²) in [6.07, 6.45) is 0. The summed E-state index contributed by atoms with van der Waals surface area (Å²) in [7, 11) is 0. The lowest BCUT2D eigenvalue weighted by Crippen LogP contribution is -2.00. The van der Waals surface area contributed by atoms with E-state index < -0.39 is 5.82 Å². The number of aryl methyl sites for hydroxylation is 1. The van der Waals surface area contributed by atoms with Crippen molar-refractivity contribution < 1.29 is 18.6 Å². The Morgan fingerprint density at radius 1 is 1.14 bits per heavy atom. The molecule has 0 aromatic heterocycles. The number of hydrogen-bond acceptors (Lipinski definition) is 2. The average Bonchev–Trinajstić information content (AvgIpc) is 2.48. The third kappa shape index (κ3) is 4.04. The number of halogens is 2. The monoisotopic (exact) mass is 288 g/mol. The Hall–Kier alpha value is -2.38. The van der Waals surface area contributed by atoms with Crippen LogP contribution in [0.4, 0.5) is 8.78 Å². The number of ether oxygens (including phenoxy) is 1. The van der Waals surface area contributed by atoms with Crippen LogP contribution in [0.2, 0.25) is 0 Å². The summed E-state index contributed by atoms with van der Waals surface area (Å²) in [5.74, 6) is 4.32. The Bertz CT molecular complexity index is 700. The molecule has 1 N–H and O–H groups in total. The van der Waals surface area contributed by atoms with Crippen LogP contribution in [-0.4, -0.2) is 11.7 Å². The first-order chi connectivity index (χ1) is 10.1. The fraction of sp³-hybridized carbons (Fsp3) is 0.176. The predicted octanol–water partition coefficient (Wildman–Crippen LogP) is 3.20. The van der Waals surface area contributed by atoms with Gasteiger partial charge in [-0.2, -0.15) is 0 Å². The topological polar surface area (TPSA) is 29.5 Å². The van der Waals surface area contributed by atoms with Gasteiger partial charge in [-0.05, 0) is 48.4 Å². The van der Waals surface area contributed by atoms with Gasteiger partial charge in [0.25, 0.3) is 0 Å². The molecule has 2 aromatic rings. The molecule has 4 heteroatoms. The molecule has 0 aliphatic carbocycles. The molecule has 0 saturated carbocycles. The smallest absolute Gasteiger partial charge is 0.165 e. The largest absolute Gasteiger partial charge is 0.486 e. The summed E-state index contributed by atoms with van der Waals surface area (Å²) >= 11 is 0. The van der Waals surface area contributed by atoms with Crippen molar-refractivity contribution in [2.24, 2.45) is 0 Å². The van der Waals surface area contributed by atoms with E-state index in [1.165, 1.54) is 30.3 Å². The zero-order valence-corrected chi connectivity index (χ0v) is 11.5. The first kappa shape index (κ1) is 15.0. The van der Waals surface area contributed by atoms with Crippen molar-refractivity contribution in [1.29, 1.82) is 0 Å². The predicted molar refractivity (Wildman–Crippen MR) is 75.8 cm³/mol. The normalized spacial score (nSPS) is 9.90. The van der Waals surface area contributed by atoms with Crippen molar-refractivity contribution in [3.05, 3.63) is 64.7 Å². The van der Waals surface area contributed by atoms with Crippen LogP contribution in [0, 0.1) is 30.4 Å². The van der Waals surface area contributed by atoms with E-state index in [4.69, 9.17) is 9.84 Å². The van der Waals surface area contributed by atoms with Gasteiger partial charge in [0, 0.05) is 5.56 Å². The van der Waals surface area contributed by atoms with Crippen LogP contribution < -0.4 is 4.74 Å². The minimum Gasteiger partial charge on any atom is -0.486 e. The molecule has 0 heterocycles. The van der Waals surface area contributed by atoms with Crippen molar-refractivity contribution in [3.8, 4) is 17.6 Å². The zero-order valence-electron chi connectivity index (χ0n) is 11.5. The molecule has 0 aliphatic rings. The number of rotatable bonds is 3. The second-order valence-electron chi connectivity index (χ2n) is 4.46. The van der Waals surface area contributed by atoms with Crippen molar-refractivity contribution in [3.63, 3.8) is 0 Å². The van der Waals surface area contributed by atoms with Crippen LogP contribution in [0.3, 0.4) is 0 Å². The van der Waals surface area contributed by atoms with Crippen LogP contribution in [0.1, 0.15) is 16.7 Å². The SMILES string of the molecule is Cc1ccc(F)cc1COc1cc(C#CCO)ccc1F. The standard InChI is InChI=1S/C17H14F2O2/c1-12-4-6-15(18)10-14(12)11-21-17-9-13(3-2-8-20)5-7-16(17)19/h4-7,9-10,20H,8,11H2,1H3. The Morgan fingerprint density at radius 3 is 2.71 bits per heavy atom. The maximum atomic E-state index is 13.7. The summed E-state index contributed by atoms with van der Waals surface area (Å²) in [5, 5.41) is 8.65. The molecule has 2 aromatic carbocycles. The highest BCUT2D eigenvalue weighted by molar-refractivity contribution is 5.41. The van der Waals surface area contributed by atoms with Gasteiger partial charge in [-0.3, -0.25) is 0 Å². The molecule has 0 bridgehead atoms. The summed E-state index contributed by atoms with van der Waals surface area (Å²) in [4.78, 5) is 0. The van der Waals surface area contributed by atoms with Gasteiger partial charge in [0.15, 0.2) is 11.6 Å². The molecule has 108 valence electrons. The Morgan fingerprint density at radius 2 is 1.95 bits per heavy atom. The fourth-order valence-electron chi connectivity index (χ4n) is 1.78. The zero-order chi connectivity index (χ0) is 15.2. The van der Waals surface area contributed by atoms with E-state index in [1.807, 2.05) is 6.92 Å². The Balaban J connectivity index is 2.17. The molecule has 0 spiro atoms. The van der Waals surface area contributed by atoms with Gasteiger partial charge in [-0.15, -0.1) is 0 Å². The Kier molecular flexibility index (Phi) is 4.91. The quantitative estimate of drug-likeness (QED) is 0.879. The fourth-order valence-corrected chi connectivity index (χ4v) is 1.78. The van der Waals surface area contributed by atoms with E-state index in [9.17, 15) is 8.78 Å². The molecule has 2 rings (SSSR count). The highest BCUT2D eigenvalue weighted by Gasteiger charge is 2.06. The van der Waals surface area contributed by atoms with Crippen LogP contribution in [-0.2, 0) is 6.61 Å². The lowest BCUT2D eigenvalue weighted by molar-refractivity contribution is 0.289. The van der Waals surface area contributed by atoms with Gasteiger partial charge in [0.2, 0.25) is 0 Å². The van der Waals surface area contributed by atoms with Crippen LogP contribution in [0.5, 0.6) is 5.75 Å². The molecule has 0 aliphatic heterocycles. The van der Waals surface area contributed by atoms with Gasteiger partial charge >= 0.3 is 0 Å². The van der Waals surface area contributed by atoms with E-state index >= 15 is 0 Å². The van der Waals surface area contributed by atoms with E-state index in [2.05, 4.69) is 11.8 Å². The lowest BCUT2D eigenvalue weighted by Gasteiger charge is -2.10. The van der Waals surface area contributed by atoms with Gasteiger partial charge in [-0.25, -0.2) is 8.78 Å². The first-order valence-electron chi connectivity index (χ1n) is 6.37. The van der Waals surface area contributed by atoms with E-state index in [1.54, 1.807) is 6.07 Å². The molecular formula is C17H14F2O2. The van der Waals surface area contributed by atoms with Gasteiger partial charge in [0.05, 0.1) is 0 Å². The lowest BCUT2D eigenvalue weighted by atomic mass is 10.1. The molecule has 0 atom stereocenters. The number of aliphatic hydroxyl groups excluding tert-OH is 1. The molecule has 21 heavy (non-hydrogen) atoms. The minimum absolute atomic E-state index is 0.0448. The number of hydrogen-bond donors (Lipinski definition) is 1. The van der Waals surface area contributed by atoms with E-state index in [0.29, 0.717) is 11.1 Å². The maximum absolute atomic E-state index is 13.7. The molecule has 0 radical (unpaired) electrons. The van der Waals surface area contributed by atoms with Gasteiger partial charge in [-0.1, -0.05) is 17.9 Å². The summed E-state index contributed by atoms with van der Waals surface area (Å²) in [6, 6.07) is 8.57. The first-order valence-corrected chi connectivity index (χ1v) is 6.37. The van der Waals surface area contributed by atoms with Crippen LogP contribution in [0.25, 0.3) is 0 Å².